The van der Waals surface area contributed by atoms with Crippen LogP contribution in [-0.2, 0) is 9.53 Å². The normalized spacial score (nSPS) is 10.0. The van der Waals surface area contributed by atoms with Crippen LogP contribution >= 0.6 is 11.6 Å². The number of hydrogen-bond donors (Lipinski definition) is 1. The molecule has 1 N–H and O–H groups in total. The van der Waals surface area contributed by atoms with Gasteiger partial charge in [0.05, 0.1) is 12.8 Å². The first-order chi connectivity index (χ1) is 8.51. The van der Waals surface area contributed by atoms with Crippen LogP contribution in [0.15, 0.2) is 6.20 Å². The summed E-state index contributed by atoms with van der Waals surface area (Å²) in [5.74, 6) is -2.17. The lowest BCUT2D eigenvalue weighted by atomic mass is 10.2. The van der Waals surface area contributed by atoms with Crippen molar-refractivity contribution in [3.05, 3.63) is 22.7 Å². The molecule has 1 rings (SSSR count). The number of hydrogen-bond acceptors (Lipinski definition) is 4. The molecule has 18 heavy (non-hydrogen) atoms. The maximum absolute atomic E-state index is 13.7. The number of carbonyl (C=O) groups is 2. The molecule has 0 spiro atoms. The first kappa shape index (κ1) is 14.4. The Morgan fingerprint density at radius 2 is 2.22 bits per heavy atom. The predicted octanol–water partition coefficient (Wildman–Crippen LogP) is 2.40. The Labute approximate surface area is 108 Å². The number of rotatable bonds is 4. The van der Waals surface area contributed by atoms with E-state index in [4.69, 9.17) is 11.6 Å². The van der Waals surface area contributed by atoms with E-state index in [1.807, 2.05) is 0 Å². The highest BCUT2D eigenvalue weighted by molar-refractivity contribution is 6.30. The summed E-state index contributed by atoms with van der Waals surface area (Å²) in [6.07, 6.45) is 1.86. The average Bonchev–Trinajstić information content (AvgIpc) is 2.34. The maximum atomic E-state index is 13.7. The molecule has 0 aromatic carbocycles. The Morgan fingerprint density at radius 1 is 1.56 bits per heavy atom. The molecule has 0 aliphatic heterocycles. The molecule has 5 nitrogen and oxygen atoms in total. The Kier molecular flexibility index (Phi) is 5.03. The molecule has 0 radical (unpaired) electrons. The maximum Gasteiger partial charge on any atom is 0.341 e. The van der Waals surface area contributed by atoms with E-state index in [1.165, 1.54) is 0 Å². The molecule has 7 heteroatoms. The van der Waals surface area contributed by atoms with E-state index < -0.39 is 22.8 Å². The van der Waals surface area contributed by atoms with Gasteiger partial charge in [-0.1, -0.05) is 18.5 Å². The molecule has 0 aliphatic carbocycles. The Morgan fingerprint density at radius 3 is 2.78 bits per heavy atom. The lowest BCUT2D eigenvalue weighted by Gasteiger charge is -2.10. The summed E-state index contributed by atoms with van der Waals surface area (Å²) in [4.78, 5) is 26.4. The molecular formula is C11H12ClFN2O3. The lowest BCUT2D eigenvalue weighted by molar-refractivity contribution is -0.116. The highest BCUT2D eigenvalue weighted by Gasteiger charge is 2.21. The van der Waals surface area contributed by atoms with Crippen LogP contribution in [-0.4, -0.2) is 24.0 Å². The molecule has 98 valence electrons. The van der Waals surface area contributed by atoms with Gasteiger partial charge in [-0.15, -0.1) is 0 Å². The molecule has 0 fully saturated rings. The first-order valence-electron chi connectivity index (χ1n) is 5.23. The van der Waals surface area contributed by atoms with Gasteiger partial charge in [0.25, 0.3) is 0 Å². The Balaban J connectivity index is 3.16. The van der Waals surface area contributed by atoms with Gasteiger partial charge in [0.15, 0.2) is 11.0 Å². The lowest BCUT2D eigenvalue weighted by Crippen LogP contribution is -2.17. The van der Waals surface area contributed by atoms with Gasteiger partial charge in [-0.2, -0.15) is 0 Å². The summed E-state index contributed by atoms with van der Waals surface area (Å²) in [6, 6.07) is 0. The number of nitrogens with zero attached hydrogens (tertiary/aromatic N) is 1. The van der Waals surface area contributed by atoms with Crippen LogP contribution in [0.3, 0.4) is 0 Å². The van der Waals surface area contributed by atoms with Crippen molar-refractivity contribution >= 4 is 29.2 Å². The van der Waals surface area contributed by atoms with Crippen LogP contribution in [0.1, 0.15) is 30.1 Å². The van der Waals surface area contributed by atoms with E-state index >= 15 is 0 Å². The second-order valence-electron chi connectivity index (χ2n) is 3.44. The molecule has 0 saturated heterocycles. The summed E-state index contributed by atoms with van der Waals surface area (Å²) in [6.45, 7) is 1.80. The zero-order valence-corrected chi connectivity index (χ0v) is 10.7. The van der Waals surface area contributed by atoms with E-state index in [0.717, 1.165) is 13.3 Å². The molecule has 0 aliphatic rings. The highest BCUT2D eigenvalue weighted by atomic mass is 35.5. The molecule has 0 atom stereocenters. The van der Waals surface area contributed by atoms with Crippen molar-refractivity contribution in [2.75, 3.05) is 12.4 Å². The van der Waals surface area contributed by atoms with E-state index in [2.05, 4.69) is 15.0 Å². The van der Waals surface area contributed by atoms with E-state index in [-0.39, 0.29) is 17.7 Å². The zero-order valence-electron chi connectivity index (χ0n) is 9.92. The molecule has 0 unspecified atom stereocenters. The van der Waals surface area contributed by atoms with Gasteiger partial charge < -0.3 is 10.1 Å². The minimum absolute atomic E-state index is 0.177. The van der Waals surface area contributed by atoms with Crippen molar-refractivity contribution in [3.63, 3.8) is 0 Å². The quantitative estimate of drug-likeness (QED) is 0.676. The molecular weight excluding hydrogens is 263 g/mol. The number of methoxy groups -OCH3 is 1. The number of carbonyl (C=O) groups excluding carboxylic acids is 2. The Hall–Kier alpha value is -1.69. The third kappa shape index (κ3) is 3.16. The van der Waals surface area contributed by atoms with Gasteiger partial charge >= 0.3 is 5.97 Å². The van der Waals surface area contributed by atoms with Crippen molar-refractivity contribution in [2.45, 2.75) is 19.8 Å². The highest BCUT2D eigenvalue weighted by Crippen LogP contribution is 2.25. The van der Waals surface area contributed by atoms with Gasteiger partial charge in [-0.3, -0.25) is 4.79 Å². The fourth-order valence-corrected chi connectivity index (χ4v) is 1.42. The SMILES string of the molecule is CCCC(=O)Nc1c(C(=O)OC)cnc(Cl)c1F. The van der Waals surface area contributed by atoms with Crippen LogP contribution in [0, 0.1) is 5.82 Å². The number of aromatic nitrogens is 1. The van der Waals surface area contributed by atoms with Crippen molar-refractivity contribution in [1.82, 2.24) is 4.98 Å². The molecule has 1 aromatic rings. The van der Waals surface area contributed by atoms with Gasteiger partial charge in [0.1, 0.15) is 5.56 Å². The smallest absolute Gasteiger partial charge is 0.341 e. The number of nitrogens with one attached hydrogen (secondary N) is 1. The van der Waals surface area contributed by atoms with Gasteiger partial charge in [-0.25, -0.2) is 14.2 Å². The third-order valence-electron chi connectivity index (χ3n) is 2.12. The number of esters is 1. The minimum atomic E-state index is -0.955. The molecule has 1 aromatic heterocycles. The van der Waals surface area contributed by atoms with Gasteiger partial charge in [0.2, 0.25) is 5.91 Å². The van der Waals surface area contributed by atoms with E-state index in [1.54, 1.807) is 6.92 Å². The minimum Gasteiger partial charge on any atom is -0.465 e. The summed E-state index contributed by atoms with van der Waals surface area (Å²) >= 11 is 5.50. The van der Waals surface area contributed by atoms with Crippen molar-refractivity contribution in [3.8, 4) is 0 Å². The number of ether oxygens (including phenoxy) is 1. The number of pyridine rings is 1. The predicted molar refractivity (Wildman–Crippen MR) is 64.1 cm³/mol. The fraction of sp³-hybridized carbons (Fsp3) is 0.364. The van der Waals surface area contributed by atoms with Crippen molar-refractivity contribution < 1.29 is 18.7 Å². The molecule has 0 saturated carbocycles. The standard InChI is InChI=1S/C11H12ClFN2O3/c1-3-4-7(16)15-9-6(11(17)18-2)5-14-10(12)8(9)13/h5H,3-4H2,1-2H3,(H,14,15,16). The van der Waals surface area contributed by atoms with Crippen molar-refractivity contribution in [2.24, 2.45) is 0 Å². The fourth-order valence-electron chi connectivity index (χ4n) is 1.28. The van der Waals surface area contributed by atoms with E-state index in [0.29, 0.717) is 6.42 Å². The topological polar surface area (TPSA) is 68.3 Å². The average molecular weight is 275 g/mol. The van der Waals surface area contributed by atoms with Gasteiger partial charge in [0, 0.05) is 12.6 Å². The molecule has 0 bridgehead atoms. The van der Waals surface area contributed by atoms with Crippen molar-refractivity contribution in [1.29, 1.82) is 0 Å². The second-order valence-corrected chi connectivity index (χ2v) is 3.80. The number of anilines is 1. The molecule has 1 amide bonds. The number of amides is 1. The number of halogens is 2. The van der Waals surface area contributed by atoms with Crippen LogP contribution in [0.4, 0.5) is 10.1 Å². The molecule has 1 heterocycles. The van der Waals surface area contributed by atoms with Crippen LogP contribution in [0.25, 0.3) is 0 Å². The third-order valence-corrected chi connectivity index (χ3v) is 2.39. The van der Waals surface area contributed by atoms with Gasteiger partial charge in [-0.05, 0) is 6.42 Å². The largest absolute Gasteiger partial charge is 0.465 e. The first-order valence-corrected chi connectivity index (χ1v) is 5.61. The van der Waals surface area contributed by atoms with Crippen LogP contribution in [0.5, 0.6) is 0 Å². The summed E-state index contributed by atoms with van der Waals surface area (Å²) in [5.41, 5.74) is -0.482. The summed E-state index contributed by atoms with van der Waals surface area (Å²) in [5, 5.41) is 1.87. The zero-order chi connectivity index (χ0) is 13.7. The second kappa shape index (κ2) is 6.30. The van der Waals surface area contributed by atoms with Crippen LogP contribution < -0.4 is 5.32 Å². The van der Waals surface area contributed by atoms with Crippen LogP contribution in [0.2, 0.25) is 5.15 Å². The summed E-state index contributed by atoms with van der Waals surface area (Å²) < 4.78 is 18.2. The monoisotopic (exact) mass is 274 g/mol. The summed E-state index contributed by atoms with van der Waals surface area (Å²) in [7, 11) is 1.15. The Bertz CT molecular complexity index is 480. The van der Waals surface area contributed by atoms with E-state index in [9.17, 15) is 14.0 Å².